The first-order valence-electron chi connectivity index (χ1n) is 8.45. The maximum absolute atomic E-state index is 12.5. The molecule has 1 N–H and O–H groups in total. The van der Waals surface area contributed by atoms with Crippen molar-refractivity contribution in [2.24, 2.45) is 13.0 Å². The summed E-state index contributed by atoms with van der Waals surface area (Å²) in [6.07, 6.45) is 2.02. The highest BCUT2D eigenvalue weighted by Gasteiger charge is 2.31. The SMILES string of the molecule is CCOC(=O)C1=C(C)Cc2c1c(C#CC(C)(O)C(C)C)cn(C)c2=O. The van der Waals surface area contributed by atoms with E-state index >= 15 is 0 Å². The fourth-order valence-electron chi connectivity index (χ4n) is 2.73. The zero-order chi connectivity index (χ0) is 18.9. The number of allylic oxidation sites excluding steroid dienone is 1. The molecule has 0 fully saturated rings. The van der Waals surface area contributed by atoms with Crippen LogP contribution in [0.15, 0.2) is 16.6 Å². The molecule has 1 aliphatic carbocycles. The van der Waals surface area contributed by atoms with E-state index in [0.29, 0.717) is 28.7 Å². The number of rotatable bonds is 3. The first-order valence-corrected chi connectivity index (χ1v) is 8.45. The van der Waals surface area contributed by atoms with Gasteiger partial charge in [0, 0.05) is 36.4 Å². The van der Waals surface area contributed by atoms with Crippen LogP contribution in [-0.4, -0.2) is 27.9 Å². The Morgan fingerprint density at radius 3 is 2.68 bits per heavy atom. The number of esters is 1. The normalized spacial score (nSPS) is 15.5. The highest BCUT2D eigenvalue weighted by Crippen LogP contribution is 2.34. The van der Waals surface area contributed by atoms with E-state index in [0.717, 1.165) is 5.57 Å². The van der Waals surface area contributed by atoms with Crippen molar-refractivity contribution in [3.63, 3.8) is 0 Å². The van der Waals surface area contributed by atoms with Crippen molar-refractivity contribution >= 4 is 11.5 Å². The third-order valence-electron chi connectivity index (χ3n) is 4.65. The molecule has 25 heavy (non-hydrogen) atoms. The summed E-state index contributed by atoms with van der Waals surface area (Å²) in [5.41, 5.74) is 1.57. The first kappa shape index (κ1) is 19.0. The van der Waals surface area contributed by atoms with Crippen molar-refractivity contribution in [1.82, 2.24) is 4.57 Å². The van der Waals surface area contributed by atoms with Crippen LogP contribution >= 0.6 is 0 Å². The van der Waals surface area contributed by atoms with Gasteiger partial charge in [0.15, 0.2) is 0 Å². The topological polar surface area (TPSA) is 68.5 Å². The average Bonchev–Trinajstić information content (AvgIpc) is 2.87. The number of hydrogen-bond donors (Lipinski definition) is 1. The van der Waals surface area contributed by atoms with Crippen molar-refractivity contribution in [2.75, 3.05) is 6.61 Å². The van der Waals surface area contributed by atoms with Crippen LogP contribution in [0.2, 0.25) is 0 Å². The molecule has 1 aromatic rings. The molecule has 0 aromatic carbocycles. The molecule has 5 heteroatoms. The summed E-state index contributed by atoms with van der Waals surface area (Å²) >= 11 is 0. The maximum atomic E-state index is 12.5. The molecule has 0 saturated carbocycles. The minimum atomic E-state index is -1.16. The van der Waals surface area contributed by atoms with E-state index in [2.05, 4.69) is 11.8 Å². The summed E-state index contributed by atoms with van der Waals surface area (Å²) in [5.74, 6) is 5.36. The minimum absolute atomic E-state index is 0.0533. The molecule has 0 aliphatic heterocycles. The summed E-state index contributed by atoms with van der Waals surface area (Å²) in [6.45, 7) is 9.25. The van der Waals surface area contributed by atoms with Gasteiger partial charge in [-0.05, 0) is 26.7 Å². The molecule has 1 heterocycles. The molecular weight excluding hydrogens is 318 g/mol. The highest BCUT2D eigenvalue weighted by molar-refractivity contribution is 6.19. The maximum Gasteiger partial charge on any atom is 0.338 e. The fraction of sp³-hybridized carbons (Fsp3) is 0.500. The van der Waals surface area contributed by atoms with Crippen LogP contribution in [0.25, 0.3) is 5.57 Å². The van der Waals surface area contributed by atoms with Crippen LogP contribution in [0.4, 0.5) is 0 Å². The number of fused-ring (bicyclic) bond motifs is 1. The molecule has 134 valence electrons. The van der Waals surface area contributed by atoms with Crippen LogP contribution in [0.3, 0.4) is 0 Å². The van der Waals surface area contributed by atoms with Crippen molar-refractivity contribution in [2.45, 2.75) is 46.6 Å². The second-order valence-electron chi connectivity index (χ2n) is 6.92. The van der Waals surface area contributed by atoms with Crippen molar-refractivity contribution < 1.29 is 14.6 Å². The average molecular weight is 343 g/mol. The molecule has 5 nitrogen and oxygen atoms in total. The van der Waals surface area contributed by atoms with Gasteiger partial charge in [-0.25, -0.2) is 4.79 Å². The molecule has 1 unspecified atom stereocenters. The number of carbonyl (C=O) groups is 1. The van der Waals surface area contributed by atoms with Gasteiger partial charge in [-0.1, -0.05) is 31.3 Å². The second kappa shape index (κ2) is 6.89. The number of pyridine rings is 1. The number of carbonyl (C=O) groups excluding carboxylic acids is 1. The van der Waals surface area contributed by atoms with Crippen LogP contribution in [-0.2, 0) is 23.0 Å². The molecule has 0 radical (unpaired) electrons. The van der Waals surface area contributed by atoms with E-state index in [1.807, 2.05) is 20.8 Å². The van der Waals surface area contributed by atoms with Gasteiger partial charge in [0.2, 0.25) is 0 Å². The van der Waals surface area contributed by atoms with Crippen molar-refractivity contribution in [1.29, 1.82) is 0 Å². The predicted molar refractivity (Wildman–Crippen MR) is 97.0 cm³/mol. The fourth-order valence-corrected chi connectivity index (χ4v) is 2.73. The molecule has 2 rings (SSSR count). The van der Waals surface area contributed by atoms with Gasteiger partial charge in [0.05, 0.1) is 12.2 Å². The summed E-state index contributed by atoms with van der Waals surface area (Å²) in [7, 11) is 1.66. The summed E-state index contributed by atoms with van der Waals surface area (Å²) in [4.78, 5) is 24.9. The number of nitrogens with zero attached hydrogens (tertiary/aromatic N) is 1. The Hall–Kier alpha value is -2.32. The van der Waals surface area contributed by atoms with Gasteiger partial charge in [-0.3, -0.25) is 4.79 Å². The largest absolute Gasteiger partial charge is 0.462 e. The lowest BCUT2D eigenvalue weighted by atomic mass is 9.92. The van der Waals surface area contributed by atoms with Crippen LogP contribution in [0.5, 0.6) is 0 Å². The number of aliphatic hydroxyl groups is 1. The molecule has 0 saturated heterocycles. The van der Waals surface area contributed by atoms with Gasteiger partial charge in [-0.15, -0.1) is 0 Å². The summed E-state index contributed by atoms with van der Waals surface area (Å²) in [5, 5.41) is 10.4. The quantitative estimate of drug-likeness (QED) is 0.674. The molecule has 1 atom stereocenters. The third kappa shape index (κ3) is 3.54. The van der Waals surface area contributed by atoms with Crippen LogP contribution in [0, 0.1) is 17.8 Å². The smallest absolute Gasteiger partial charge is 0.338 e. The Bertz CT molecular complexity index is 860. The highest BCUT2D eigenvalue weighted by atomic mass is 16.5. The molecular formula is C20H25NO4. The van der Waals surface area contributed by atoms with Gasteiger partial charge in [0.25, 0.3) is 5.56 Å². The van der Waals surface area contributed by atoms with Crippen molar-refractivity contribution in [3.05, 3.63) is 38.8 Å². The molecule has 0 spiro atoms. The molecule has 1 aromatic heterocycles. The van der Waals surface area contributed by atoms with Gasteiger partial charge in [-0.2, -0.15) is 0 Å². The molecule has 0 amide bonds. The van der Waals surface area contributed by atoms with Gasteiger partial charge >= 0.3 is 5.97 Å². The Balaban J connectivity index is 2.68. The van der Waals surface area contributed by atoms with Crippen molar-refractivity contribution in [3.8, 4) is 11.8 Å². The van der Waals surface area contributed by atoms with Gasteiger partial charge in [0.1, 0.15) is 5.60 Å². The zero-order valence-corrected chi connectivity index (χ0v) is 15.7. The number of ether oxygens (including phenoxy) is 1. The first-order chi connectivity index (χ1) is 11.6. The number of hydrogen-bond acceptors (Lipinski definition) is 4. The Kier molecular flexibility index (Phi) is 5.24. The van der Waals surface area contributed by atoms with Crippen LogP contribution in [0.1, 0.15) is 51.3 Å². The van der Waals surface area contributed by atoms with Gasteiger partial charge < -0.3 is 14.4 Å². The number of aromatic nitrogens is 1. The van der Waals surface area contributed by atoms with E-state index in [-0.39, 0.29) is 18.1 Å². The molecule has 0 bridgehead atoms. The lowest BCUT2D eigenvalue weighted by molar-refractivity contribution is -0.136. The summed E-state index contributed by atoms with van der Waals surface area (Å²) < 4.78 is 6.63. The standard InChI is InChI=1S/C20H25NO4/c1-7-25-19(23)16-13(4)10-15-17(16)14(11-21(6)18(15)22)8-9-20(5,24)12(2)3/h11-12,24H,7,10H2,1-6H3. The van der Waals surface area contributed by atoms with E-state index < -0.39 is 11.6 Å². The Morgan fingerprint density at radius 2 is 2.12 bits per heavy atom. The Labute approximate surface area is 148 Å². The lowest BCUT2D eigenvalue weighted by Crippen LogP contribution is -2.29. The summed E-state index contributed by atoms with van der Waals surface area (Å²) in [6, 6.07) is 0. The Morgan fingerprint density at radius 1 is 1.48 bits per heavy atom. The number of aryl methyl sites for hydroxylation is 1. The zero-order valence-electron chi connectivity index (χ0n) is 15.7. The minimum Gasteiger partial charge on any atom is -0.462 e. The second-order valence-corrected chi connectivity index (χ2v) is 6.92. The predicted octanol–water partition coefficient (Wildman–Crippen LogP) is 2.04. The molecule has 1 aliphatic rings. The third-order valence-corrected chi connectivity index (χ3v) is 4.65. The van der Waals surface area contributed by atoms with E-state index in [1.165, 1.54) is 4.57 Å². The monoisotopic (exact) mass is 343 g/mol. The van der Waals surface area contributed by atoms with E-state index in [4.69, 9.17) is 4.74 Å². The lowest BCUT2D eigenvalue weighted by Gasteiger charge is -2.20. The van der Waals surface area contributed by atoms with Crippen LogP contribution < -0.4 is 5.56 Å². The van der Waals surface area contributed by atoms with E-state index in [1.54, 1.807) is 27.1 Å². The van der Waals surface area contributed by atoms with E-state index in [9.17, 15) is 14.7 Å².